The van der Waals surface area contributed by atoms with Gasteiger partial charge in [-0.2, -0.15) is 0 Å². The van der Waals surface area contributed by atoms with E-state index < -0.39 is 8.07 Å². The van der Waals surface area contributed by atoms with Crippen molar-refractivity contribution in [2.75, 3.05) is 0 Å². The first-order chi connectivity index (χ1) is 12.5. The molecule has 0 atom stereocenters. The second-order valence-electron chi connectivity index (χ2n) is 9.18. The third kappa shape index (κ3) is 5.48. The fourth-order valence-electron chi connectivity index (χ4n) is 2.80. The van der Waals surface area contributed by atoms with Gasteiger partial charge in [0.05, 0.1) is 11.2 Å². The van der Waals surface area contributed by atoms with Crippen molar-refractivity contribution in [2.45, 2.75) is 71.4 Å². The van der Waals surface area contributed by atoms with E-state index in [1.165, 1.54) is 0 Å². The van der Waals surface area contributed by atoms with E-state index in [1.54, 1.807) is 0 Å². The van der Waals surface area contributed by atoms with E-state index in [0.717, 1.165) is 29.5 Å². The van der Waals surface area contributed by atoms with Crippen molar-refractivity contribution in [3.63, 3.8) is 0 Å². The van der Waals surface area contributed by atoms with E-state index in [-0.39, 0.29) is 18.3 Å². The summed E-state index contributed by atoms with van der Waals surface area (Å²) in [6.45, 7) is 19.1. The summed E-state index contributed by atoms with van der Waals surface area (Å²) in [5.41, 5.74) is 6.08. The Kier molecular flexibility index (Phi) is 6.63. The number of rotatable bonds is 5. The summed E-state index contributed by atoms with van der Waals surface area (Å²) in [7, 11) is -1.91. The van der Waals surface area contributed by atoms with Crippen LogP contribution in [0.2, 0.25) is 19.6 Å². The number of hydrogen-bond acceptors (Lipinski definition) is 2. The predicted molar refractivity (Wildman–Crippen MR) is 120 cm³/mol. The van der Waals surface area contributed by atoms with Crippen LogP contribution in [0.1, 0.15) is 46.1 Å². The van der Waals surface area contributed by atoms with Crippen molar-refractivity contribution in [2.24, 2.45) is 0 Å². The molecule has 0 aromatic heterocycles. The standard InChI is InChI=1S/C23H33BO2Si/c1-9-10-16-21(24-25-22(2,3)23(4,5)26-24)20(17-18-27(6,7)8)19-14-12-11-13-15-19/h9,11-15H,1,10,16H2,2-8H3/b21-20-. The Bertz CT molecular complexity index is 745. The zero-order chi connectivity index (χ0) is 20.3. The molecule has 2 rings (SSSR count). The fourth-order valence-corrected chi connectivity index (χ4v) is 3.30. The molecule has 2 nitrogen and oxygen atoms in total. The van der Waals surface area contributed by atoms with Gasteiger partial charge in [-0.25, -0.2) is 0 Å². The van der Waals surface area contributed by atoms with Crippen molar-refractivity contribution >= 4 is 20.8 Å². The molecule has 0 N–H and O–H groups in total. The largest absolute Gasteiger partial charge is 0.491 e. The van der Waals surface area contributed by atoms with Crippen LogP contribution >= 0.6 is 0 Å². The topological polar surface area (TPSA) is 18.5 Å². The highest BCUT2D eigenvalue weighted by Crippen LogP contribution is 2.40. The van der Waals surface area contributed by atoms with Gasteiger partial charge in [-0.05, 0) is 51.6 Å². The van der Waals surface area contributed by atoms with Gasteiger partial charge in [0, 0.05) is 5.57 Å². The lowest BCUT2D eigenvalue weighted by atomic mass is 9.71. The molecule has 1 aliphatic heterocycles. The van der Waals surface area contributed by atoms with E-state index in [0.29, 0.717) is 0 Å². The first kappa shape index (κ1) is 21.8. The summed E-state index contributed by atoms with van der Waals surface area (Å²) in [4.78, 5) is 0. The lowest BCUT2D eigenvalue weighted by Crippen LogP contribution is -2.41. The van der Waals surface area contributed by atoms with Gasteiger partial charge in [0.2, 0.25) is 0 Å². The lowest BCUT2D eigenvalue weighted by molar-refractivity contribution is 0.00578. The van der Waals surface area contributed by atoms with E-state index >= 15 is 0 Å². The molecule has 0 spiro atoms. The molecule has 4 heteroatoms. The van der Waals surface area contributed by atoms with Gasteiger partial charge in [-0.15, -0.1) is 12.1 Å². The van der Waals surface area contributed by atoms with Gasteiger partial charge in [0.1, 0.15) is 8.07 Å². The Morgan fingerprint density at radius 2 is 1.63 bits per heavy atom. The molecule has 0 aliphatic carbocycles. The molecule has 1 aliphatic rings. The van der Waals surface area contributed by atoms with E-state index in [4.69, 9.17) is 9.31 Å². The second kappa shape index (κ2) is 8.22. The minimum atomic E-state index is -1.52. The molecule has 1 aromatic carbocycles. The third-order valence-corrected chi connectivity index (χ3v) is 5.98. The molecule has 27 heavy (non-hydrogen) atoms. The van der Waals surface area contributed by atoms with Crippen molar-refractivity contribution in [3.05, 3.63) is 54.0 Å². The van der Waals surface area contributed by atoms with Crippen LogP contribution in [0, 0.1) is 11.5 Å². The summed E-state index contributed by atoms with van der Waals surface area (Å²) < 4.78 is 12.8. The maximum absolute atomic E-state index is 6.39. The monoisotopic (exact) mass is 380 g/mol. The predicted octanol–water partition coefficient (Wildman–Crippen LogP) is 5.92. The maximum Gasteiger partial charge on any atom is 0.491 e. The Balaban J connectivity index is 2.62. The van der Waals surface area contributed by atoms with Crippen LogP contribution < -0.4 is 0 Å². The van der Waals surface area contributed by atoms with Gasteiger partial charge < -0.3 is 9.31 Å². The van der Waals surface area contributed by atoms with Gasteiger partial charge in [0.25, 0.3) is 0 Å². The van der Waals surface area contributed by atoms with Crippen molar-refractivity contribution in [1.29, 1.82) is 0 Å². The fraction of sp³-hybridized carbons (Fsp3) is 0.478. The Morgan fingerprint density at radius 3 is 2.11 bits per heavy atom. The van der Waals surface area contributed by atoms with E-state index in [1.807, 2.05) is 12.1 Å². The Labute approximate surface area is 167 Å². The number of hydrogen-bond donors (Lipinski definition) is 0. The van der Waals surface area contributed by atoms with Gasteiger partial charge in [-0.3, -0.25) is 0 Å². The van der Waals surface area contributed by atoms with Crippen molar-refractivity contribution in [3.8, 4) is 11.5 Å². The molecule has 1 heterocycles. The summed E-state index contributed by atoms with van der Waals surface area (Å²) >= 11 is 0. The highest BCUT2D eigenvalue weighted by atomic mass is 28.3. The van der Waals surface area contributed by atoms with Crippen LogP contribution in [0.15, 0.2) is 48.5 Å². The first-order valence-corrected chi connectivity index (χ1v) is 13.2. The van der Waals surface area contributed by atoms with Crippen molar-refractivity contribution in [1.82, 2.24) is 0 Å². The zero-order valence-corrected chi connectivity index (χ0v) is 19.0. The van der Waals surface area contributed by atoms with Crippen molar-refractivity contribution < 1.29 is 9.31 Å². The molecular formula is C23H33BO2Si. The Morgan fingerprint density at radius 1 is 1.07 bits per heavy atom. The number of benzene rings is 1. The average molecular weight is 380 g/mol. The molecule has 1 saturated heterocycles. The highest BCUT2D eigenvalue weighted by molar-refractivity contribution is 6.84. The highest BCUT2D eigenvalue weighted by Gasteiger charge is 2.52. The van der Waals surface area contributed by atoms with Crippen LogP contribution in [0.5, 0.6) is 0 Å². The molecule has 0 unspecified atom stereocenters. The molecule has 1 fully saturated rings. The molecule has 0 radical (unpaired) electrons. The van der Waals surface area contributed by atoms with E-state index in [9.17, 15) is 0 Å². The van der Waals surface area contributed by atoms with Crippen LogP contribution in [0.3, 0.4) is 0 Å². The van der Waals surface area contributed by atoms with Gasteiger partial charge >= 0.3 is 7.12 Å². The second-order valence-corrected chi connectivity index (χ2v) is 13.9. The van der Waals surface area contributed by atoms with Crippen LogP contribution in [0.4, 0.5) is 0 Å². The minimum Gasteiger partial charge on any atom is -0.400 e. The minimum absolute atomic E-state index is 0.370. The third-order valence-electron chi connectivity index (χ3n) is 5.10. The average Bonchev–Trinajstić information content (AvgIpc) is 2.78. The van der Waals surface area contributed by atoms with E-state index in [2.05, 4.69) is 89.6 Å². The van der Waals surface area contributed by atoms with Crippen LogP contribution in [-0.2, 0) is 9.31 Å². The van der Waals surface area contributed by atoms with Crippen LogP contribution in [-0.4, -0.2) is 26.4 Å². The normalized spacial score (nSPS) is 19.1. The van der Waals surface area contributed by atoms with Crippen LogP contribution in [0.25, 0.3) is 5.57 Å². The molecule has 0 amide bonds. The summed E-state index contributed by atoms with van der Waals surface area (Å²) in [5.74, 6) is 3.51. The maximum atomic E-state index is 6.39. The van der Waals surface area contributed by atoms with Gasteiger partial charge in [0.15, 0.2) is 0 Å². The summed E-state index contributed by atoms with van der Waals surface area (Å²) in [5, 5.41) is 0. The summed E-state index contributed by atoms with van der Waals surface area (Å²) in [6, 6.07) is 10.4. The molecule has 1 aromatic rings. The Hall–Kier alpha value is -1.54. The molecule has 144 valence electrons. The quantitative estimate of drug-likeness (QED) is 0.359. The lowest BCUT2D eigenvalue weighted by Gasteiger charge is -2.32. The summed E-state index contributed by atoms with van der Waals surface area (Å²) in [6.07, 6.45) is 3.63. The zero-order valence-electron chi connectivity index (χ0n) is 18.0. The number of allylic oxidation sites excluding steroid dienone is 3. The SMILES string of the molecule is C=CCC/C(B1OC(C)(C)C(C)(C)O1)=C(\C#C[Si](C)(C)C)c1ccccc1. The molecule has 0 bridgehead atoms. The smallest absolute Gasteiger partial charge is 0.400 e. The molecular weight excluding hydrogens is 347 g/mol. The van der Waals surface area contributed by atoms with Gasteiger partial charge in [-0.1, -0.05) is 62.0 Å². The first-order valence-electron chi connectivity index (χ1n) is 9.75. The molecule has 0 saturated carbocycles.